The summed E-state index contributed by atoms with van der Waals surface area (Å²) in [4.78, 5) is 2.39. The van der Waals surface area contributed by atoms with Crippen molar-refractivity contribution >= 4 is 0 Å². The lowest BCUT2D eigenvalue weighted by Crippen LogP contribution is -2.41. The van der Waals surface area contributed by atoms with Crippen LogP contribution in [-0.2, 0) is 4.74 Å². The van der Waals surface area contributed by atoms with Gasteiger partial charge in [0, 0.05) is 19.2 Å². The number of fused-ring (bicyclic) bond motifs is 1. The van der Waals surface area contributed by atoms with Gasteiger partial charge in [0.1, 0.15) is 0 Å². The Labute approximate surface area is 73.3 Å². The van der Waals surface area contributed by atoms with Crippen molar-refractivity contribution < 1.29 is 9.84 Å². The maximum Gasteiger partial charge on any atom is 0.0716 e. The Balaban J connectivity index is 2.09. The fourth-order valence-electron chi connectivity index (χ4n) is 2.65. The van der Waals surface area contributed by atoms with Crippen LogP contribution in [0.2, 0.25) is 0 Å². The summed E-state index contributed by atoms with van der Waals surface area (Å²) < 4.78 is 5.32. The molecule has 12 heavy (non-hydrogen) atoms. The molecule has 0 radical (unpaired) electrons. The number of aliphatic hydroxyl groups excluding tert-OH is 1. The normalized spacial score (nSPS) is 42.0. The maximum atomic E-state index is 9.34. The number of ether oxygens (including phenoxy) is 1. The summed E-state index contributed by atoms with van der Waals surface area (Å²) in [5, 5.41) is 9.34. The lowest BCUT2D eigenvalue weighted by molar-refractivity contribution is 0.0944. The predicted molar refractivity (Wildman–Crippen MR) is 46.0 cm³/mol. The lowest BCUT2D eigenvalue weighted by atomic mass is 9.94. The Bertz CT molecular complexity index is 174. The summed E-state index contributed by atoms with van der Waals surface area (Å²) in [6.45, 7) is 2.45. The van der Waals surface area contributed by atoms with Crippen LogP contribution in [0.1, 0.15) is 19.3 Å². The van der Waals surface area contributed by atoms with Gasteiger partial charge in [-0.2, -0.15) is 0 Å². The van der Waals surface area contributed by atoms with E-state index >= 15 is 0 Å². The fraction of sp³-hybridized carbons (Fsp3) is 1.00. The third kappa shape index (κ3) is 1.08. The highest BCUT2D eigenvalue weighted by atomic mass is 16.5. The molecule has 2 aliphatic heterocycles. The standard InChI is InChI=1S/C9H17NO2/c1-12-8-5-9(7-11)3-2-4-10(9)6-8/h8,11H,2-7H2,1H3/t8-,9-/m1/s1. The van der Waals surface area contributed by atoms with Gasteiger partial charge >= 0.3 is 0 Å². The quantitative estimate of drug-likeness (QED) is 0.645. The first-order valence-corrected chi connectivity index (χ1v) is 4.69. The highest BCUT2D eigenvalue weighted by Gasteiger charge is 2.47. The largest absolute Gasteiger partial charge is 0.394 e. The van der Waals surface area contributed by atoms with Crippen molar-refractivity contribution in [3.05, 3.63) is 0 Å². The molecule has 0 aromatic carbocycles. The Morgan fingerprint density at radius 3 is 3.08 bits per heavy atom. The second-order valence-corrected chi connectivity index (χ2v) is 3.99. The van der Waals surface area contributed by atoms with E-state index in [1.165, 1.54) is 6.42 Å². The second-order valence-electron chi connectivity index (χ2n) is 3.99. The molecular formula is C9H17NO2. The second kappa shape index (κ2) is 2.98. The van der Waals surface area contributed by atoms with E-state index in [1.807, 2.05) is 0 Å². The van der Waals surface area contributed by atoms with Crippen molar-refractivity contribution in [1.29, 1.82) is 0 Å². The van der Waals surface area contributed by atoms with E-state index in [1.54, 1.807) is 7.11 Å². The minimum atomic E-state index is 0.0840. The van der Waals surface area contributed by atoms with Crippen molar-refractivity contribution in [2.75, 3.05) is 26.8 Å². The average molecular weight is 171 g/mol. The van der Waals surface area contributed by atoms with E-state index in [9.17, 15) is 5.11 Å². The Morgan fingerprint density at radius 2 is 2.50 bits per heavy atom. The third-order valence-electron chi connectivity index (χ3n) is 3.40. The number of nitrogens with zero attached hydrogens (tertiary/aromatic N) is 1. The zero-order chi connectivity index (χ0) is 8.60. The van der Waals surface area contributed by atoms with Gasteiger partial charge in [0.25, 0.3) is 0 Å². The van der Waals surface area contributed by atoms with E-state index in [0.29, 0.717) is 12.7 Å². The zero-order valence-electron chi connectivity index (χ0n) is 7.62. The minimum absolute atomic E-state index is 0.0840. The molecule has 0 aromatic heterocycles. The Kier molecular flexibility index (Phi) is 2.10. The molecule has 3 heteroatoms. The van der Waals surface area contributed by atoms with Crippen LogP contribution in [0.5, 0.6) is 0 Å². The molecule has 2 fully saturated rings. The van der Waals surface area contributed by atoms with Gasteiger partial charge in [0.15, 0.2) is 0 Å². The van der Waals surface area contributed by atoms with Gasteiger partial charge in [0.05, 0.1) is 12.7 Å². The van der Waals surface area contributed by atoms with Crippen LogP contribution >= 0.6 is 0 Å². The third-order valence-corrected chi connectivity index (χ3v) is 3.40. The number of rotatable bonds is 2. The molecule has 2 atom stereocenters. The predicted octanol–water partition coefficient (Wildman–Crippen LogP) is 0.232. The van der Waals surface area contributed by atoms with Crippen molar-refractivity contribution in [2.24, 2.45) is 0 Å². The average Bonchev–Trinajstić information content (AvgIpc) is 2.58. The molecule has 70 valence electrons. The molecule has 0 aliphatic carbocycles. The van der Waals surface area contributed by atoms with Crippen molar-refractivity contribution in [2.45, 2.75) is 30.9 Å². The fourth-order valence-corrected chi connectivity index (χ4v) is 2.65. The molecule has 0 bridgehead atoms. The van der Waals surface area contributed by atoms with Gasteiger partial charge in [-0.3, -0.25) is 4.90 Å². The summed E-state index contributed by atoms with van der Waals surface area (Å²) in [6, 6.07) is 0. The van der Waals surface area contributed by atoms with Crippen LogP contribution < -0.4 is 0 Å². The molecule has 2 heterocycles. The van der Waals surface area contributed by atoms with Gasteiger partial charge in [-0.05, 0) is 25.8 Å². The molecule has 0 spiro atoms. The summed E-state index contributed by atoms with van der Waals surface area (Å²) in [5.74, 6) is 0. The van der Waals surface area contributed by atoms with E-state index in [4.69, 9.17) is 4.74 Å². The van der Waals surface area contributed by atoms with Crippen LogP contribution in [0, 0.1) is 0 Å². The molecule has 2 rings (SSSR count). The minimum Gasteiger partial charge on any atom is -0.394 e. The smallest absolute Gasteiger partial charge is 0.0716 e. The Morgan fingerprint density at radius 1 is 1.67 bits per heavy atom. The van der Waals surface area contributed by atoms with Gasteiger partial charge in [-0.25, -0.2) is 0 Å². The molecule has 3 nitrogen and oxygen atoms in total. The number of aliphatic hydroxyl groups is 1. The number of hydrogen-bond donors (Lipinski definition) is 1. The van der Waals surface area contributed by atoms with Crippen molar-refractivity contribution in [3.8, 4) is 0 Å². The van der Waals surface area contributed by atoms with Crippen molar-refractivity contribution in [1.82, 2.24) is 4.90 Å². The molecular weight excluding hydrogens is 154 g/mol. The van der Waals surface area contributed by atoms with Gasteiger partial charge in [0.2, 0.25) is 0 Å². The summed E-state index contributed by atoms with van der Waals surface area (Å²) in [6.07, 6.45) is 3.73. The number of methoxy groups -OCH3 is 1. The summed E-state index contributed by atoms with van der Waals surface area (Å²) >= 11 is 0. The molecule has 0 amide bonds. The van der Waals surface area contributed by atoms with Crippen LogP contribution in [0.15, 0.2) is 0 Å². The first-order valence-electron chi connectivity index (χ1n) is 4.69. The first kappa shape index (κ1) is 8.48. The molecule has 2 saturated heterocycles. The van der Waals surface area contributed by atoms with Crippen LogP contribution in [0.25, 0.3) is 0 Å². The van der Waals surface area contributed by atoms with E-state index < -0.39 is 0 Å². The highest BCUT2D eigenvalue weighted by Crippen LogP contribution is 2.39. The highest BCUT2D eigenvalue weighted by molar-refractivity contribution is 5.03. The summed E-state index contributed by atoms with van der Waals surface area (Å²) in [7, 11) is 1.76. The van der Waals surface area contributed by atoms with Gasteiger partial charge in [-0.15, -0.1) is 0 Å². The van der Waals surface area contributed by atoms with E-state index in [2.05, 4.69) is 4.90 Å². The summed E-state index contributed by atoms with van der Waals surface area (Å²) in [5.41, 5.74) is 0.0840. The Hall–Kier alpha value is -0.120. The molecule has 1 N–H and O–H groups in total. The maximum absolute atomic E-state index is 9.34. The molecule has 0 unspecified atom stereocenters. The van der Waals surface area contributed by atoms with Crippen molar-refractivity contribution in [3.63, 3.8) is 0 Å². The van der Waals surface area contributed by atoms with E-state index in [0.717, 1.165) is 25.9 Å². The SMILES string of the molecule is CO[C@H]1CN2CCC[C@]2(CO)C1. The monoisotopic (exact) mass is 171 g/mol. The van der Waals surface area contributed by atoms with Crippen LogP contribution in [0.3, 0.4) is 0 Å². The first-order chi connectivity index (χ1) is 5.80. The molecule has 2 aliphatic rings. The van der Waals surface area contributed by atoms with Crippen LogP contribution in [-0.4, -0.2) is 48.5 Å². The molecule has 0 aromatic rings. The van der Waals surface area contributed by atoms with Gasteiger partial charge in [-0.1, -0.05) is 0 Å². The topological polar surface area (TPSA) is 32.7 Å². The van der Waals surface area contributed by atoms with E-state index in [-0.39, 0.29) is 5.54 Å². The molecule has 0 saturated carbocycles. The zero-order valence-corrected chi connectivity index (χ0v) is 7.62. The van der Waals surface area contributed by atoms with Gasteiger partial charge < -0.3 is 9.84 Å². The lowest BCUT2D eigenvalue weighted by Gasteiger charge is -2.28. The number of hydrogen-bond acceptors (Lipinski definition) is 3. The van der Waals surface area contributed by atoms with Crippen LogP contribution in [0.4, 0.5) is 0 Å².